The minimum Gasteiger partial charge on any atom is -0.457 e. The first-order valence-corrected chi connectivity index (χ1v) is 10.5. The monoisotopic (exact) mass is 390 g/mol. The van der Waals surface area contributed by atoms with Gasteiger partial charge in [0.05, 0.1) is 11.0 Å². The van der Waals surface area contributed by atoms with Gasteiger partial charge in [0.15, 0.2) is 0 Å². The molecule has 0 aliphatic heterocycles. The number of aryl methyl sites for hydroxylation is 1. The number of benzene rings is 3. The Balaban J connectivity index is 1.49. The maximum Gasteiger partial charge on any atom is 0.128 e. The summed E-state index contributed by atoms with van der Waals surface area (Å²) in [5.74, 6) is 1.68. The van der Waals surface area contributed by atoms with E-state index in [1.165, 1.54) is 22.0 Å². The summed E-state index contributed by atoms with van der Waals surface area (Å²) in [4.78, 5) is 4.86. The largest absolute Gasteiger partial charge is 0.457 e. The molecule has 1 aliphatic rings. The van der Waals surface area contributed by atoms with E-state index in [-0.39, 0.29) is 0 Å². The van der Waals surface area contributed by atoms with Crippen molar-refractivity contribution in [1.29, 1.82) is 0 Å². The molecule has 3 nitrogen and oxygen atoms in total. The van der Waals surface area contributed by atoms with Crippen LogP contribution in [0.3, 0.4) is 0 Å². The predicted molar refractivity (Wildman–Crippen MR) is 121 cm³/mol. The standard InChI is InChI=1S/C27H22N2O/c1-18-24-13-14-29(21-15-19-7-5-6-8-20(19)16-21)27(24)25-17-23(11-12-26(25)28-18)30-22-9-3-2-4-10-22/h2-14,17,21H,15-16H2,1H3. The number of fused-ring (bicyclic) bond motifs is 4. The van der Waals surface area contributed by atoms with Crippen molar-refractivity contribution < 1.29 is 4.74 Å². The highest BCUT2D eigenvalue weighted by molar-refractivity contribution is 6.05. The summed E-state index contributed by atoms with van der Waals surface area (Å²) in [6.45, 7) is 2.10. The highest BCUT2D eigenvalue weighted by Crippen LogP contribution is 2.37. The van der Waals surface area contributed by atoms with Gasteiger partial charge in [-0.1, -0.05) is 42.5 Å². The van der Waals surface area contributed by atoms with E-state index in [0.717, 1.165) is 40.9 Å². The summed E-state index contributed by atoms with van der Waals surface area (Å²) < 4.78 is 8.58. The van der Waals surface area contributed by atoms with Crippen molar-refractivity contribution in [3.8, 4) is 11.5 Å². The minimum absolute atomic E-state index is 0.434. The van der Waals surface area contributed by atoms with E-state index in [4.69, 9.17) is 9.72 Å². The molecule has 0 bridgehead atoms. The predicted octanol–water partition coefficient (Wildman–Crippen LogP) is 6.63. The molecule has 0 unspecified atom stereocenters. The number of rotatable bonds is 3. The molecule has 0 saturated carbocycles. The molecule has 2 aromatic heterocycles. The van der Waals surface area contributed by atoms with Gasteiger partial charge in [0.1, 0.15) is 11.5 Å². The van der Waals surface area contributed by atoms with E-state index in [0.29, 0.717) is 6.04 Å². The Labute approximate surface area is 175 Å². The second kappa shape index (κ2) is 6.74. The fraction of sp³-hybridized carbons (Fsp3) is 0.148. The van der Waals surface area contributed by atoms with Crippen molar-refractivity contribution in [2.24, 2.45) is 0 Å². The zero-order chi connectivity index (χ0) is 20.1. The molecule has 0 fully saturated rings. The third-order valence-electron chi connectivity index (χ3n) is 6.22. The molecule has 2 heterocycles. The van der Waals surface area contributed by atoms with Crippen LogP contribution in [0.2, 0.25) is 0 Å². The van der Waals surface area contributed by atoms with Crippen molar-refractivity contribution in [1.82, 2.24) is 9.55 Å². The van der Waals surface area contributed by atoms with Crippen molar-refractivity contribution in [3.63, 3.8) is 0 Å². The van der Waals surface area contributed by atoms with E-state index in [2.05, 4.69) is 60.2 Å². The number of hydrogen-bond acceptors (Lipinski definition) is 2. The molecule has 3 aromatic carbocycles. The van der Waals surface area contributed by atoms with E-state index < -0.39 is 0 Å². The number of ether oxygens (including phenoxy) is 1. The lowest BCUT2D eigenvalue weighted by molar-refractivity contribution is 0.483. The van der Waals surface area contributed by atoms with Crippen LogP contribution in [-0.4, -0.2) is 9.55 Å². The van der Waals surface area contributed by atoms with Crippen molar-refractivity contribution >= 4 is 21.8 Å². The van der Waals surface area contributed by atoms with Crippen molar-refractivity contribution in [2.45, 2.75) is 25.8 Å². The average Bonchev–Trinajstić information content (AvgIpc) is 3.40. The average molecular weight is 390 g/mol. The molecule has 0 spiro atoms. The molecule has 3 heteroatoms. The molecular formula is C27H22N2O. The molecular weight excluding hydrogens is 368 g/mol. The van der Waals surface area contributed by atoms with Gasteiger partial charge in [-0.25, -0.2) is 0 Å². The van der Waals surface area contributed by atoms with Crippen LogP contribution in [0, 0.1) is 6.92 Å². The molecule has 0 N–H and O–H groups in total. The van der Waals surface area contributed by atoms with Crippen LogP contribution in [0.4, 0.5) is 0 Å². The van der Waals surface area contributed by atoms with Gasteiger partial charge < -0.3 is 9.30 Å². The lowest BCUT2D eigenvalue weighted by Gasteiger charge is -2.16. The molecule has 146 valence electrons. The van der Waals surface area contributed by atoms with Crippen LogP contribution in [-0.2, 0) is 12.8 Å². The topological polar surface area (TPSA) is 27.1 Å². The van der Waals surface area contributed by atoms with E-state index in [1.54, 1.807) is 0 Å². The smallest absolute Gasteiger partial charge is 0.128 e. The molecule has 30 heavy (non-hydrogen) atoms. The maximum absolute atomic E-state index is 6.12. The molecule has 0 saturated heterocycles. The van der Waals surface area contributed by atoms with Gasteiger partial charge in [0, 0.05) is 28.7 Å². The van der Waals surface area contributed by atoms with Crippen molar-refractivity contribution in [2.75, 3.05) is 0 Å². The SMILES string of the molecule is Cc1nc2ccc(Oc3ccccc3)cc2c2c1ccn2C1Cc2ccccc2C1. The van der Waals surface area contributed by atoms with Gasteiger partial charge in [-0.05, 0) is 67.3 Å². The van der Waals surface area contributed by atoms with E-state index in [9.17, 15) is 0 Å². The lowest BCUT2D eigenvalue weighted by atomic mass is 10.1. The summed E-state index contributed by atoms with van der Waals surface area (Å²) in [6.07, 6.45) is 4.38. The van der Waals surface area contributed by atoms with Gasteiger partial charge >= 0.3 is 0 Å². The van der Waals surface area contributed by atoms with E-state index >= 15 is 0 Å². The Morgan fingerprint density at radius 1 is 0.800 bits per heavy atom. The third kappa shape index (κ3) is 2.78. The molecule has 0 atom stereocenters. The second-order valence-corrected chi connectivity index (χ2v) is 8.11. The first-order chi connectivity index (χ1) is 14.8. The van der Waals surface area contributed by atoms with Gasteiger partial charge in [0.25, 0.3) is 0 Å². The Hall–Kier alpha value is -3.59. The Morgan fingerprint density at radius 2 is 1.53 bits per heavy atom. The molecule has 5 aromatic rings. The molecule has 1 aliphatic carbocycles. The first kappa shape index (κ1) is 17.3. The summed E-state index contributed by atoms with van der Waals surface area (Å²) in [6, 6.07) is 27.6. The molecule has 0 amide bonds. The number of para-hydroxylation sites is 1. The highest BCUT2D eigenvalue weighted by atomic mass is 16.5. The summed E-state index contributed by atoms with van der Waals surface area (Å²) in [5.41, 5.74) is 6.27. The highest BCUT2D eigenvalue weighted by Gasteiger charge is 2.24. The van der Waals surface area contributed by atoms with E-state index in [1.807, 2.05) is 36.4 Å². The number of hydrogen-bond donors (Lipinski definition) is 0. The first-order valence-electron chi connectivity index (χ1n) is 10.5. The Kier molecular flexibility index (Phi) is 3.88. The molecule has 0 radical (unpaired) electrons. The Bertz CT molecular complexity index is 1360. The zero-order valence-corrected chi connectivity index (χ0v) is 16.9. The number of pyridine rings is 1. The quantitative estimate of drug-likeness (QED) is 0.346. The van der Waals surface area contributed by atoms with Crippen LogP contribution in [0.25, 0.3) is 21.8 Å². The van der Waals surface area contributed by atoms with Gasteiger partial charge in [-0.15, -0.1) is 0 Å². The van der Waals surface area contributed by atoms with Crippen LogP contribution in [0.15, 0.2) is 85.1 Å². The summed E-state index contributed by atoms with van der Waals surface area (Å²) in [7, 11) is 0. The van der Waals surface area contributed by atoms with Crippen LogP contribution in [0.1, 0.15) is 22.9 Å². The van der Waals surface area contributed by atoms with Crippen LogP contribution >= 0.6 is 0 Å². The van der Waals surface area contributed by atoms with Gasteiger partial charge in [-0.2, -0.15) is 0 Å². The fourth-order valence-corrected chi connectivity index (χ4v) is 4.79. The number of aromatic nitrogens is 2. The number of nitrogens with zero attached hydrogens (tertiary/aromatic N) is 2. The Morgan fingerprint density at radius 3 is 2.30 bits per heavy atom. The minimum atomic E-state index is 0.434. The zero-order valence-electron chi connectivity index (χ0n) is 16.9. The fourth-order valence-electron chi connectivity index (χ4n) is 4.79. The van der Waals surface area contributed by atoms with Crippen LogP contribution in [0.5, 0.6) is 11.5 Å². The van der Waals surface area contributed by atoms with Gasteiger partial charge in [0.2, 0.25) is 0 Å². The van der Waals surface area contributed by atoms with Crippen molar-refractivity contribution in [3.05, 3.63) is 102 Å². The lowest BCUT2D eigenvalue weighted by Crippen LogP contribution is -2.08. The maximum atomic E-state index is 6.12. The summed E-state index contributed by atoms with van der Waals surface area (Å²) in [5, 5.41) is 2.36. The third-order valence-corrected chi connectivity index (χ3v) is 6.22. The molecule has 6 rings (SSSR count). The van der Waals surface area contributed by atoms with Crippen LogP contribution < -0.4 is 4.74 Å². The van der Waals surface area contributed by atoms with Gasteiger partial charge in [-0.3, -0.25) is 4.98 Å². The normalized spacial score (nSPS) is 13.8. The summed E-state index contributed by atoms with van der Waals surface area (Å²) >= 11 is 0. The second-order valence-electron chi connectivity index (χ2n) is 8.11.